The molecule has 0 unspecified atom stereocenters. The highest BCUT2D eigenvalue weighted by atomic mass is 16.3. The van der Waals surface area contributed by atoms with E-state index in [1.165, 1.54) is 84.7 Å². The van der Waals surface area contributed by atoms with Gasteiger partial charge in [-0.25, -0.2) is 0 Å². The van der Waals surface area contributed by atoms with Gasteiger partial charge >= 0.3 is 0 Å². The van der Waals surface area contributed by atoms with E-state index in [0.29, 0.717) is 22.9 Å². The number of aromatic hydroxyl groups is 2. The summed E-state index contributed by atoms with van der Waals surface area (Å²) in [5.74, 6) is 1.64. The molecule has 0 amide bonds. The molecule has 1 aliphatic carbocycles. The molecule has 7 rings (SSSR count). The number of unbranched alkanes of at least 4 members (excludes halogenated alkanes) is 2. The Bertz CT molecular complexity index is 2010. The van der Waals surface area contributed by atoms with Crippen molar-refractivity contribution in [2.75, 3.05) is 0 Å². The fourth-order valence-electron chi connectivity index (χ4n) is 9.04. The summed E-state index contributed by atoms with van der Waals surface area (Å²) < 4.78 is 0. The highest BCUT2D eigenvalue weighted by Gasteiger charge is 2.45. The third-order valence-corrected chi connectivity index (χ3v) is 11.8. The minimum atomic E-state index is -0.157. The molecule has 4 nitrogen and oxygen atoms in total. The van der Waals surface area contributed by atoms with Crippen LogP contribution in [0.5, 0.6) is 11.5 Å². The first-order valence-electron chi connectivity index (χ1n) is 19.4. The second kappa shape index (κ2) is 14.9. The van der Waals surface area contributed by atoms with Crippen LogP contribution in [0, 0.1) is 11.8 Å². The molecule has 2 aromatic heterocycles. The van der Waals surface area contributed by atoms with Gasteiger partial charge in [-0.2, -0.15) is 0 Å². The molecule has 0 fully saturated rings. The molecule has 51 heavy (non-hydrogen) atoms. The average molecular weight is 677 g/mol. The zero-order valence-corrected chi connectivity index (χ0v) is 30.8. The number of nitrogens with zero attached hydrogens (tertiary/aromatic N) is 2. The number of fused-ring (bicyclic) bond motifs is 5. The minimum Gasteiger partial charge on any atom is -0.506 e. The number of hydrogen-bond acceptors (Lipinski definition) is 4. The lowest BCUT2D eigenvalue weighted by Gasteiger charge is -2.39. The van der Waals surface area contributed by atoms with Gasteiger partial charge in [0.2, 0.25) is 0 Å². The van der Waals surface area contributed by atoms with E-state index in [2.05, 4.69) is 98.3 Å². The van der Waals surface area contributed by atoms with Crippen LogP contribution in [0.2, 0.25) is 0 Å². The Kier molecular flexibility index (Phi) is 10.1. The van der Waals surface area contributed by atoms with Crippen molar-refractivity contribution in [2.45, 2.75) is 97.3 Å². The quantitative estimate of drug-likeness (QED) is 0.120. The maximum atomic E-state index is 10.7. The van der Waals surface area contributed by atoms with Crippen molar-refractivity contribution < 1.29 is 10.2 Å². The van der Waals surface area contributed by atoms with Gasteiger partial charge in [0.1, 0.15) is 22.5 Å². The van der Waals surface area contributed by atoms with Crippen molar-refractivity contribution in [3.8, 4) is 44.9 Å². The molecule has 2 heterocycles. The summed E-state index contributed by atoms with van der Waals surface area (Å²) in [5.41, 5.74) is 11.2. The molecule has 4 aromatic carbocycles. The van der Waals surface area contributed by atoms with Crippen molar-refractivity contribution in [1.29, 1.82) is 0 Å². The summed E-state index contributed by atoms with van der Waals surface area (Å²) in [6.07, 6.45) is 15.5. The molecule has 0 aliphatic heterocycles. The number of phenolic OH excluding ortho intramolecular Hbond substituents is 2. The lowest BCUT2D eigenvalue weighted by atomic mass is 9.64. The third-order valence-electron chi connectivity index (χ3n) is 11.8. The largest absolute Gasteiger partial charge is 0.506 e. The van der Waals surface area contributed by atoms with E-state index in [1.807, 2.05) is 12.1 Å². The molecular weight excluding hydrogens is 625 g/mol. The van der Waals surface area contributed by atoms with Crippen LogP contribution in [0.25, 0.3) is 55.2 Å². The van der Waals surface area contributed by atoms with Gasteiger partial charge in [-0.15, -0.1) is 0 Å². The van der Waals surface area contributed by atoms with Crippen molar-refractivity contribution in [1.82, 2.24) is 9.97 Å². The smallest absolute Gasteiger partial charge is 0.141 e. The SMILES string of the molecule is CCCC[C@H](CC)CC1(C[C@@H](CC)CCCC)c2cc(-c3ccc(O)c4ncccc34)ccc2-c2ccc(-c3ccc(O)c4ncccc34)cc21. The normalized spacial score (nSPS) is 14.4. The number of phenols is 2. The van der Waals surface area contributed by atoms with Gasteiger partial charge in [0.05, 0.1) is 0 Å². The van der Waals surface area contributed by atoms with Gasteiger partial charge in [-0.3, -0.25) is 9.97 Å². The van der Waals surface area contributed by atoms with Gasteiger partial charge < -0.3 is 10.2 Å². The Hall–Kier alpha value is -4.70. The third kappa shape index (κ3) is 6.39. The first kappa shape index (κ1) is 34.7. The molecule has 0 radical (unpaired) electrons. The lowest BCUT2D eigenvalue weighted by molar-refractivity contribution is 0.266. The number of hydrogen-bond donors (Lipinski definition) is 2. The molecule has 4 heteroatoms. The standard InChI is InChI=1S/C47H52N2O2/c1-5-9-13-31(7-3)29-47(30-32(8-4)14-10-6-2)41-27-33(35-21-23-43(50)45-39(35)15-11-25-48-45)17-19-37(41)38-20-18-34(28-42(38)47)36-22-24-44(51)46-40(36)16-12-26-49-46/h11-12,15-28,31-32,50-51H,5-10,13-14,29-30H2,1-4H3/t31-,32-/m0/s1. The van der Waals surface area contributed by atoms with Gasteiger partial charge in [0.25, 0.3) is 0 Å². The van der Waals surface area contributed by atoms with Crippen LogP contribution in [-0.2, 0) is 5.41 Å². The summed E-state index contributed by atoms with van der Waals surface area (Å²) in [6, 6.07) is 30.0. The van der Waals surface area contributed by atoms with E-state index in [9.17, 15) is 10.2 Å². The number of benzene rings is 4. The molecular formula is C47H52N2O2. The highest BCUT2D eigenvalue weighted by molar-refractivity contribution is 6.00. The molecule has 0 saturated heterocycles. The summed E-state index contributed by atoms with van der Waals surface area (Å²) >= 11 is 0. The van der Waals surface area contributed by atoms with E-state index in [1.54, 1.807) is 24.5 Å². The van der Waals surface area contributed by atoms with Crippen LogP contribution in [0.4, 0.5) is 0 Å². The molecule has 0 bridgehead atoms. The zero-order valence-electron chi connectivity index (χ0n) is 30.8. The molecule has 1 aliphatic rings. The van der Waals surface area contributed by atoms with Gasteiger partial charge in [0.15, 0.2) is 0 Å². The average Bonchev–Trinajstić information content (AvgIpc) is 3.43. The monoisotopic (exact) mass is 676 g/mol. The molecule has 6 aromatic rings. The Morgan fingerprint density at radius 3 is 1.39 bits per heavy atom. The molecule has 2 atom stereocenters. The predicted octanol–water partition coefficient (Wildman–Crippen LogP) is 13.0. The maximum absolute atomic E-state index is 10.7. The van der Waals surface area contributed by atoms with Gasteiger partial charge in [-0.05, 0) is 118 Å². The van der Waals surface area contributed by atoms with E-state index in [-0.39, 0.29) is 16.9 Å². The molecule has 262 valence electrons. The van der Waals surface area contributed by atoms with Crippen LogP contribution in [0.15, 0.2) is 97.3 Å². The first-order valence-corrected chi connectivity index (χ1v) is 19.4. The van der Waals surface area contributed by atoms with Crippen LogP contribution in [0.1, 0.15) is 103 Å². The van der Waals surface area contributed by atoms with Gasteiger partial charge in [0, 0.05) is 28.6 Å². The van der Waals surface area contributed by atoms with Crippen LogP contribution >= 0.6 is 0 Å². The summed E-state index contributed by atoms with van der Waals surface area (Å²) in [7, 11) is 0. The van der Waals surface area contributed by atoms with Crippen LogP contribution in [-0.4, -0.2) is 20.2 Å². The Morgan fingerprint density at radius 2 is 0.980 bits per heavy atom. The van der Waals surface area contributed by atoms with Crippen molar-refractivity contribution in [2.24, 2.45) is 11.8 Å². The van der Waals surface area contributed by atoms with Crippen LogP contribution in [0.3, 0.4) is 0 Å². The van der Waals surface area contributed by atoms with Crippen molar-refractivity contribution >= 4 is 21.8 Å². The van der Waals surface area contributed by atoms with E-state index >= 15 is 0 Å². The van der Waals surface area contributed by atoms with Crippen LogP contribution < -0.4 is 0 Å². The van der Waals surface area contributed by atoms with E-state index < -0.39 is 0 Å². The summed E-state index contributed by atoms with van der Waals surface area (Å²) in [6.45, 7) is 9.40. The number of pyridine rings is 2. The maximum Gasteiger partial charge on any atom is 0.141 e. The number of rotatable bonds is 14. The molecule has 0 spiro atoms. The summed E-state index contributed by atoms with van der Waals surface area (Å²) in [4.78, 5) is 9.11. The topological polar surface area (TPSA) is 66.2 Å². The first-order chi connectivity index (χ1) is 24.9. The fourth-order valence-corrected chi connectivity index (χ4v) is 9.04. The summed E-state index contributed by atoms with van der Waals surface area (Å²) in [5, 5.41) is 23.4. The molecule has 2 N–H and O–H groups in total. The Balaban J connectivity index is 1.48. The van der Waals surface area contributed by atoms with Crippen molar-refractivity contribution in [3.63, 3.8) is 0 Å². The predicted molar refractivity (Wildman–Crippen MR) is 213 cm³/mol. The zero-order chi connectivity index (χ0) is 35.5. The van der Waals surface area contributed by atoms with E-state index in [0.717, 1.165) is 34.7 Å². The highest BCUT2D eigenvalue weighted by Crippen LogP contribution is 2.58. The minimum absolute atomic E-state index is 0.157. The molecule has 0 saturated carbocycles. The fraction of sp³-hybridized carbons (Fsp3) is 0.362. The number of aromatic nitrogens is 2. The van der Waals surface area contributed by atoms with Gasteiger partial charge in [-0.1, -0.05) is 115 Å². The van der Waals surface area contributed by atoms with Crippen molar-refractivity contribution in [3.05, 3.63) is 108 Å². The second-order valence-corrected chi connectivity index (χ2v) is 14.9. The van der Waals surface area contributed by atoms with E-state index in [4.69, 9.17) is 0 Å². The Labute approximate surface area is 303 Å². The lowest BCUT2D eigenvalue weighted by Crippen LogP contribution is -2.31. The second-order valence-electron chi connectivity index (χ2n) is 14.9. The Morgan fingerprint density at radius 1 is 0.549 bits per heavy atom.